The fourth-order valence-electron chi connectivity index (χ4n) is 3.51. The van der Waals surface area contributed by atoms with Crippen molar-refractivity contribution < 1.29 is 27.2 Å². The highest BCUT2D eigenvalue weighted by molar-refractivity contribution is 7.59. The van der Waals surface area contributed by atoms with Crippen LogP contribution in [0.15, 0.2) is 48.8 Å². The van der Waals surface area contributed by atoms with Crippen LogP contribution in [0.3, 0.4) is 0 Å². The summed E-state index contributed by atoms with van der Waals surface area (Å²) in [5.41, 5.74) is -0.103. The lowest BCUT2D eigenvalue weighted by molar-refractivity contribution is -0.137. The first kappa shape index (κ1) is 24.2. The van der Waals surface area contributed by atoms with Gasteiger partial charge in [0.25, 0.3) is 11.8 Å². The smallest absolute Gasteiger partial charge is 0.322 e. The van der Waals surface area contributed by atoms with Gasteiger partial charge >= 0.3 is 6.18 Å². The molecule has 3 heterocycles. The van der Waals surface area contributed by atoms with E-state index in [0.29, 0.717) is 5.69 Å². The number of alkyl halides is 4. The van der Waals surface area contributed by atoms with Gasteiger partial charge in [0.15, 0.2) is 0 Å². The Bertz CT molecular complexity index is 1180. The molecule has 0 spiro atoms. The number of nitrogens with zero attached hydrogens (tertiary/aromatic N) is 4. The van der Waals surface area contributed by atoms with E-state index in [9.17, 15) is 27.2 Å². The Balaban J connectivity index is 0.00000306. The summed E-state index contributed by atoms with van der Waals surface area (Å²) in [6, 6.07) is 6.75. The minimum atomic E-state index is -4.49. The summed E-state index contributed by atoms with van der Waals surface area (Å²) in [4.78, 5) is 31.1. The molecule has 1 aromatic carbocycles. The van der Waals surface area contributed by atoms with Crippen LogP contribution in [0.4, 0.5) is 28.9 Å². The Morgan fingerprint density at radius 2 is 1.91 bits per heavy atom. The minimum absolute atomic E-state index is 0. The maximum absolute atomic E-state index is 13.2. The van der Waals surface area contributed by atoms with Gasteiger partial charge in [0, 0.05) is 24.1 Å². The number of fused-ring (bicyclic) bond motifs is 1. The van der Waals surface area contributed by atoms with E-state index in [-0.39, 0.29) is 48.7 Å². The topological polar surface area (TPSA) is 80.1 Å². The Morgan fingerprint density at radius 3 is 2.55 bits per heavy atom. The maximum atomic E-state index is 13.2. The van der Waals surface area contributed by atoms with Gasteiger partial charge in [-0.3, -0.25) is 19.3 Å². The summed E-state index contributed by atoms with van der Waals surface area (Å²) in [6.07, 6.45) is -1.89. The largest absolute Gasteiger partial charge is 0.416 e. The SMILES string of the molecule is C[C@H]1CN(c2ccc(C(F)(F)F)cc2)C(=O)c2c(C(=O)Nc3ccnc(CF)c3)cnn21.S. The highest BCUT2D eigenvalue weighted by atomic mass is 32.1. The molecule has 0 fully saturated rings. The van der Waals surface area contributed by atoms with Gasteiger partial charge in [-0.15, -0.1) is 0 Å². The van der Waals surface area contributed by atoms with Crippen LogP contribution in [0.2, 0.25) is 0 Å². The number of pyridine rings is 1. The van der Waals surface area contributed by atoms with Gasteiger partial charge in [0.1, 0.15) is 12.4 Å². The van der Waals surface area contributed by atoms with Gasteiger partial charge in [-0.25, -0.2) is 4.39 Å². The standard InChI is InChI=1S/C21H17F4N5O2.H2S/c1-12-11-29(16-4-2-13(3-5-16)21(23,24)25)20(32)18-17(10-27-30(12)18)19(31)28-14-6-7-26-15(8-14)9-22;/h2-8,10,12H,9,11H2,1H3,(H,26,28,31);1H2/t12-;/m0./s1. The molecule has 1 aliphatic rings. The summed E-state index contributed by atoms with van der Waals surface area (Å²) in [6.45, 7) is 1.15. The highest BCUT2D eigenvalue weighted by Crippen LogP contribution is 2.33. The van der Waals surface area contributed by atoms with E-state index in [1.54, 1.807) is 6.92 Å². The third-order valence-corrected chi connectivity index (χ3v) is 5.07. The first-order valence-corrected chi connectivity index (χ1v) is 9.58. The minimum Gasteiger partial charge on any atom is -0.322 e. The van der Waals surface area contributed by atoms with Crippen LogP contribution >= 0.6 is 13.5 Å². The lowest BCUT2D eigenvalue weighted by Gasteiger charge is -2.32. The predicted molar refractivity (Wildman–Crippen MR) is 117 cm³/mol. The summed E-state index contributed by atoms with van der Waals surface area (Å²) in [5.74, 6) is -1.19. The number of carbonyl (C=O) groups is 2. The quantitative estimate of drug-likeness (QED) is 0.562. The molecule has 7 nitrogen and oxygen atoms in total. The van der Waals surface area contributed by atoms with E-state index in [4.69, 9.17) is 0 Å². The number of nitrogens with one attached hydrogen (secondary N) is 1. The molecule has 2 amide bonds. The molecular formula is C21H19F4N5O2S. The average Bonchev–Trinajstić information content (AvgIpc) is 3.22. The Hall–Kier alpha value is -3.41. The second kappa shape index (κ2) is 9.22. The van der Waals surface area contributed by atoms with E-state index < -0.39 is 30.2 Å². The monoisotopic (exact) mass is 481 g/mol. The van der Waals surface area contributed by atoms with Crippen molar-refractivity contribution in [1.82, 2.24) is 14.8 Å². The zero-order valence-electron chi connectivity index (χ0n) is 17.2. The fraction of sp³-hybridized carbons (Fsp3) is 0.238. The number of carbonyl (C=O) groups excluding carboxylic acids is 2. The molecule has 1 atom stereocenters. The first-order chi connectivity index (χ1) is 15.2. The van der Waals surface area contributed by atoms with Gasteiger partial charge in [0.05, 0.1) is 29.1 Å². The van der Waals surface area contributed by atoms with Crippen LogP contribution in [0.5, 0.6) is 0 Å². The number of benzene rings is 1. The van der Waals surface area contributed by atoms with Crippen LogP contribution in [-0.2, 0) is 12.9 Å². The van der Waals surface area contributed by atoms with E-state index >= 15 is 0 Å². The van der Waals surface area contributed by atoms with Gasteiger partial charge < -0.3 is 10.2 Å². The molecule has 12 heteroatoms. The van der Waals surface area contributed by atoms with Gasteiger partial charge in [-0.2, -0.15) is 31.8 Å². The van der Waals surface area contributed by atoms with Crippen molar-refractivity contribution in [2.45, 2.75) is 25.8 Å². The van der Waals surface area contributed by atoms with Crippen molar-refractivity contribution in [3.05, 3.63) is 71.3 Å². The van der Waals surface area contributed by atoms with Crippen LogP contribution in [0.1, 0.15) is 45.1 Å². The maximum Gasteiger partial charge on any atom is 0.416 e. The zero-order valence-corrected chi connectivity index (χ0v) is 18.2. The summed E-state index contributed by atoms with van der Waals surface area (Å²) in [7, 11) is 0. The van der Waals surface area contributed by atoms with Crippen molar-refractivity contribution in [2.75, 3.05) is 16.8 Å². The molecular weight excluding hydrogens is 462 g/mol. The summed E-state index contributed by atoms with van der Waals surface area (Å²) in [5, 5.41) is 6.73. The predicted octanol–water partition coefficient (Wildman–Crippen LogP) is 4.35. The average molecular weight is 481 g/mol. The van der Waals surface area contributed by atoms with Crippen molar-refractivity contribution in [3.8, 4) is 0 Å². The molecule has 0 saturated carbocycles. The van der Waals surface area contributed by atoms with Crippen LogP contribution in [-0.4, -0.2) is 33.1 Å². The van der Waals surface area contributed by atoms with Crippen LogP contribution < -0.4 is 10.2 Å². The third kappa shape index (κ3) is 4.70. The number of amides is 2. The Labute approximate surface area is 192 Å². The second-order valence-electron chi connectivity index (χ2n) is 7.28. The Morgan fingerprint density at radius 1 is 1.21 bits per heavy atom. The Kier molecular flexibility index (Phi) is 6.77. The van der Waals surface area contributed by atoms with Crippen molar-refractivity contribution in [3.63, 3.8) is 0 Å². The molecule has 0 aliphatic carbocycles. The van der Waals surface area contributed by atoms with Gasteiger partial charge in [0.2, 0.25) is 0 Å². The highest BCUT2D eigenvalue weighted by Gasteiger charge is 2.36. The van der Waals surface area contributed by atoms with Gasteiger partial charge in [-0.1, -0.05) is 0 Å². The molecule has 1 N–H and O–H groups in total. The molecule has 3 aromatic rings. The molecule has 0 unspecified atom stereocenters. The van der Waals surface area contributed by atoms with Crippen molar-refractivity contribution >= 4 is 36.7 Å². The zero-order chi connectivity index (χ0) is 23.0. The van der Waals surface area contributed by atoms with Crippen molar-refractivity contribution in [1.29, 1.82) is 0 Å². The van der Waals surface area contributed by atoms with E-state index in [1.807, 2.05) is 0 Å². The summed E-state index contributed by atoms with van der Waals surface area (Å²) >= 11 is 0. The lowest BCUT2D eigenvalue weighted by atomic mass is 10.1. The van der Waals surface area contributed by atoms with Gasteiger partial charge in [-0.05, 0) is 43.3 Å². The van der Waals surface area contributed by atoms with Crippen LogP contribution in [0.25, 0.3) is 0 Å². The normalized spacial score (nSPS) is 15.6. The molecule has 174 valence electrons. The molecule has 0 saturated heterocycles. The number of hydrogen-bond donors (Lipinski definition) is 1. The number of halogens is 4. The molecule has 1 aliphatic heterocycles. The molecule has 33 heavy (non-hydrogen) atoms. The molecule has 4 rings (SSSR count). The second-order valence-corrected chi connectivity index (χ2v) is 7.28. The summed E-state index contributed by atoms with van der Waals surface area (Å²) < 4.78 is 52.8. The number of anilines is 2. The number of aromatic nitrogens is 3. The molecule has 0 radical (unpaired) electrons. The molecule has 2 aromatic heterocycles. The lowest BCUT2D eigenvalue weighted by Crippen LogP contribution is -2.43. The number of hydrogen-bond acceptors (Lipinski definition) is 4. The fourth-order valence-corrected chi connectivity index (χ4v) is 3.51. The third-order valence-electron chi connectivity index (χ3n) is 5.07. The number of rotatable bonds is 4. The van der Waals surface area contributed by atoms with Crippen molar-refractivity contribution in [2.24, 2.45) is 0 Å². The van der Waals surface area contributed by atoms with E-state index in [1.165, 1.54) is 46.2 Å². The van der Waals surface area contributed by atoms with Crippen LogP contribution in [0, 0.1) is 0 Å². The molecule has 0 bridgehead atoms. The first-order valence-electron chi connectivity index (χ1n) is 9.58. The van der Waals surface area contributed by atoms with E-state index in [0.717, 1.165) is 12.1 Å². The van der Waals surface area contributed by atoms with E-state index in [2.05, 4.69) is 15.4 Å².